The van der Waals surface area contributed by atoms with E-state index in [9.17, 15) is 0 Å². The molecule has 0 radical (unpaired) electrons. The Morgan fingerprint density at radius 1 is 1.27 bits per heavy atom. The van der Waals surface area contributed by atoms with Crippen LogP contribution in [0.4, 0.5) is 0 Å². The lowest BCUT2D eigenvalue weighted by molar-refractivity contribution is -0.697. The van der Waals surface area contributed by atoms with Gasteiger partial charge in [0.1, 0.15) is 25.5 Å². The largest absolute Gasteiger partial charge is 0.392 e. The van der Waals surface area contributed by atoms with Gasteiger partial charge in [0.25, 0.3) is 0 Å². The highest BCUT2D eigenvalue weighted by Gasteiger charge is 2.00. The van der Waals surface area contributed by atoms with Crippen molar-refractivity contribution in [3.05, 3.63) is 18.7 Å². The van der Waals surface area contributed by atoms with E-state index in [2.05, 4.69) is 0 Å². The minimum Gasteiger partial charge on any atom is -0.392 e. The minimum absolute atomic E-state index is 0.147. The fourth-order valence-corrected chi connectivity index (χ4v) is 0.934. The van der Waals surface area contributed by atoms with Crippen LogP contribution in [-0.2, 0) is 13.1 Å². The summed E-state index contributed by atoms with van der Waals surface area (Å²) >= 11 is 0. The highest BCUT2D eigenvalue weighted by atomic mass is 16.3. The maximum Gasteiger partial charge on any atom is 0.243 e. The maximum absolute atomic E-state index is 8.58. The van der Waals surface area contributed by atoms with Crippen molar-refractivity contribution >= 4 is 0 Å². The average molecular weight is 157 g/mol. The van der Waals surface area contributed by atoms with E-state index in [0.29, 0.717) is 13.1 Å². The number of imidazole rings is 1. The number of aromatic nitrogens is 2. The van der Waals surface area contributed by atoms with Crippen molar-refractivity contribution in [1.29, 1.82) is 0 Å². The summed E-state index contributed by atoms with van der Waals surface area (Å²) in [4.78, 5) is 0. The third kappa shape index (κ3) is 2.32. The van der Waals surface area contributed by atoms with Crippen molar-refractivity contribution in [2.45, 2.75) is 13.1 Å². The molecule has 11 heavy (non-hydrogen) atoms. The highest BCUT2D eigenvalue weighted by Crippen LogP contribution is 1.82. The Morgan fingerprint density at radius 3 is 2.73 bits per heavy atom. The van der Waals surface area contributed by atoms with E-state index in [1.807, 2.05) is 27.9 Å². The summed E-state index contributed by atoms with van der Waals surface area (Å²) in [5.74, 6) is 0. The molecule has 1 aromatic rings. The Bertz CT molecular complexity index is 189. The number of hydrogen-bond donors (Lipinski definition) is 2. The zero-order valence-electron chi connectivity index (χ0n) is 6.35. The zero-order chi connectivity index (χ0) is 8.10. The predicted octanol–water partition coefficient (Wildman–Crippen LogP) is -1.24. The molecule has 1 rings (SSSR count). The van der Waals surface area contributed by atoms with Crippen LogP contribution >= 0.6 is 0 Å². The van der Waals surface area contributed by atoms with Gasteiger partial charge in [0, 0.05) is 0 Å². The van der Waals surface area contributed by atoms with E-state index in [4.69, 9.17) is 10.2 Å². The fourth-order valence-electron chi connectivity index (χ4n) is 0.934. The third-order valence-corrected chi connectivity index (χ3v) is 1.46. The molecule has 0 aliphatic carbocycles. The van der Waals surface area contributed by atoms with Crippen LogP contribution in [0.1, 0.15) is 0 Å². The lowest BCUT2D eigenvalue weighted by Crippen LogP contribution is -2.32. The molecule has 4 nitrogen and oxygen atoms in total. The number of nitrogens with zero attached hydrogens (tertiary/aromatic N) is 2. The highest BCUT2D eigenvalue weighted by molar-refractivity contribution is 4.65. The van der Waals surface area contributed by atoms with Gasteiger partial charge in [-0.25, -0.2) is 9.13 Å². The van der Waals surface area contributed by atoms with E-state index < -0.39 is 0 Å². The lowest BCUT2D eigenvalue weighted by atomic mass is 10.7. The third-order valence-electron chi connectivity index (χ3n) is 1.46. The normalized spacial score (nSPS) is 10.4. The van der Waals surface area contributed by atoms with Gasteiger partial charge in [-0.2, -0.15) is 0 Å². The van der Waals surface area contributed by atoms with Gasteiger partial charge >= 0.3 is 0 Å². The molecule has 0 aromatic carbocycles. The topological polar surface area (TPSA) is 49.3 Å². The Labute approximate surface area is 65.3 Å². The maximum atomic E-state index is 8.58. The molecule has 0 saturated carbocycles. The standard InChI is InChI=1S/C7H13N2O2/c10-5-3-8-1-2-9(7-8)4-6-11/h1-2,7,10-11H,3-6H2/q+1. The van der Waals surface area contributed by atoms with Crippen LogP contribution in [0.15, 0.2) is 18.7 Å². The summed E-state index contributed by atoms with van der Waals surface area (Å²) in [6.07, 6.45) is 5.59. The van der Waals surface area contributed by atoms with E-state index in [1.54, 1.807) is 0 Å². The molecular formula is C7H13N2O2+. The predicted molar refractivity (Wildman–Crippen MR) is 38.8 cm³/mol. The van der Waals surface area contributed by atoms with Crippen LogP contribution in [0.25, 0.3) is 0 Å². The molecule has 0 spiro atoms. The molecule has 1 heterocycles. The SMILES string of the molecule is OCCn1cc[n+](CCO)c1. The second-order valence-electron chi connectivity index (χ2n) is 2.34. The molecule has 0 atom stereocenters. The first-order valence-corrected chi connectivity index (χ1v) is 3.63. The molecule has 0 amide bonds. The summed E-state index contributed by atoms with van der Waals surface area (Å²) in [5, 5.41) is 17.2. The van der Waals surface area contributed by atoms with Gasteiger partial charge in [-0.3, -0.25) is 0 Å². The Kier molecular flexibility index (Phi) is 3.07. The lowest BCUT2D eigenvalue weighted by Gasteiger charge is -1.89. The van der Waals surface area contributed by atoms with Gasteiger partial charge in [-0.1, -0.05) is 0 Å². The Morgan fingerprint density at radius 2 is 2.09 bits per heavy atom. The van der Waals surface area contributed by atoms with Crippen LogP contribution in [0, 0.1) is 0 Å². The second kappa shape index (κ2) is 4.10. The quantitative estimate of drug-likeness (QED) is 0.537. The number of aliphatic hydroxyl groups excluding tert-OH is 2. The smallest absolute Gasteiger partial charge is 0.243 e. The molecule has 62 valence electrons. The molecule has 0 unspecified atom stereocenters. The molecule has 1 aromatic heterocycles. The molecule has 4 heteroatoms. The molecule has 0 aliphatic heterocycles. The van der Waals surface area contributed by atoms with Gasteiger partial charge in [-0.05, 0) is 0 Å². The molecule has 0 aliphatic rings. The number of hydrogen-bond acceptors (Lipinski definition) is 2. The average Bonchev–Trinajstić information content (AvgIpc) is 2.38. The van der Waals surface area contributed by atoms with Crippen LogP contribution in [0.5, 0.6) is 0 Å². The first kappa shape index (κ1) is 8.23. The van der Waals surface area contributed by atoms with Crippen molar-refractivity contribution in [3.63, 3.8) is 0 Å². The van der Waals surface area contributed by atoms with E-state index >= 15 is 0 Å². The van der Waals surface area contributed by atoms with Gasteiger partial charge in [0.15, 0.2) is 0 Å². The fraction of sp³-hybridized carbons (Fsp3) is 0.571. The van der Waals surface area contributed by atoms with E-state index in [1.165, 1.54) is 0 Å². The van der Waals surface area contributed by atoms with Gasteiger partial charge in [0.2, 0.25) is 6.33 Å². The van der Waals surface area contributed by atoms with Crippen molar-refractivity contribution < 1.29 is 14.8 Å². The Balaban J connectivity index is 2.51. The summed E-state index contributed by atoms with van der Waals surface area (Å²) in [6.45, 7) is 1.51. The minimum atomic E-state index is 0.147. The van der Waals surface area contributed by atoms with E-state index in [-0.39, 0.29) is 13.2 Å². The summed E-state index contributed by atoms with van der Waals surface area (Å²) in [6, 6.07) is 0. The van der Waals surface area contributed by atoms with E-state index in [0.717, 1.165) is 0 Å². The monoisotopic (exact) mass is 157 g/mol. The van der Waals surface area contributed by atoms with Crippen LogP contribution in [-0.4, -0.2) is 28.0 Å². The van der Waals surface area contributed by atoms with Crippen molar-refractivity contribution in [1.82, 2.24) is 4.57 Å². The first-order chi connectivity index (χ1) is 5.36. The first-order valence-electron chi connectivity index (χ1n) is 3.63. The van der Waals surface area contributed by atoms with Gasteiger partial charge in [-0.15, -0.1) is 0 Å². The van der Waals surface area contributed by atoms with Crippen LogP contribution in [0.3, 0.4) is 0 Å². The number of aliphatic hydroxyl groups is 2. The molecule has 0 fully saturated rings. The van der Waals surface area contributed by atoms with Gasteiger partial charge < -0.3 is 10.2 Å². The Hall–Kier alpha value is -0.870. The van der Waals surface area contributed by atoms with Crippen molar-refractivity contribution in [3.8, 4) is 0 Å². The molecule has 2 N–H and O–H groups in total. The second-order valence-corrected chi connectivity index (χ2v) is 2.34. The molecule has 0 saturated heterocycles. The van der Waals surface area contributed by atoms with Crippen molar-refractivity contribution in [2.24, 2.45) is 0 Å². The summed E-state index contributed by atoms with van der Waals surface area (Å²) < 4.78 is 3.74. The number of rotatable bonds is 4. The summed E-state index contributed by atoms with van der Waals surface area (Å²) in [7, 11) is 0. The van der Waals surface area contributed by atoms with Crippen molar-refractivity contribution in [2.75, 3.05) is 13.2 Å². The molecule has 0 bridgehead atoms. The van der Waals surface area contributed by atoms with Gasteiger partial charge in [0.05, 0.1) is 13.2 Å². The zero-order valence-corrected chi connectivity index (χ0v) is 6.35. The summed E-state index contributed by atoms with van der Waals surface area (Å²) in [5.41, 5.74) is 0. The van der Waals surface area contributed by atoms with Crippen LogP contribution < -0.4 is 4.57 Å². The molecular weight excluding hydrogens is 144 g/mol. The van der Waals surface area contributed by atoms with Crippen LogP contribution in [0.2, 0.25) is 0 Å².